The molecule has 1 N–H and O–H groups in total. The molecule has 1 heteroatoms. The Kier molecular flexibility index (Phi) is 0.825. The molecule has 0 unspecified atom stereocenters. The van der Waals surface area contributed by atoms with Crippen LogP contribution in [-0.2, 0) is 0 Å². The molecule has 1 aliphatic heterocycles. The van der Waals surface area contributed by atoms with Gasteiger partial charge >= 0.3 is 0 Å². The fourth-order valence-electron chi connectivity index (χ4n) is 0.554. The largest absolute Gasteiger partial charge is 0.391 e. The maximum atomic E-state index is 3.09. The fraction of sp³-hybridized carbons (Fsp3) is 0.600. The molecule has 1 heterocycles. The lowest BCUT2D eigenvalue weighted by molar-refractivity contribution is 0.724. The predicted octanol–water partition coefficient (Wildman–Crippen LogP) is 0.739. The molecule has 0 radical (unpaired) electrons. The molecular weight excluding hydrogens is 74.1 g/mol. The van der Waals surface area contributed by atoms with Crippen LogP contribution in [0.2, 0.25) is 0 Å². The summed E-state index contributed by atoms with van der Waals surface area (Å²) in [7, 11) is 0. The lowest BCUT2D eigenvalue weighted by atomic mass is 10.2. The molecule has 0 aromatic rings. The number of hydrogen-bond donors (Lipinski definition) is 1. The SMILES string of the molecule is C[C@@H]1C=CNC1. The Hall–Kier alpha value is -0.460. The third kappa shape index (κ3) is 0.534. The number of rotatable bonds is 0. The van der Waals surface area contributed by atoms with Crippen molar-refractivity contribution in [1.29, 1.82) is 0 Å². The van der Waals surface area contributed by atoms with Crippen LogP contribution in [0.25, 0.3) is 0 Å². The summed E-state index contributed by atoms with van der Waals surface area (Å²) >= 11 is 0. The van der Waals surface area contributed by atoms with Crippen LogP contribution >= 0.6 is 0 Å². The minimum Gasteiger partial charge on any atom is -0.391 e. The van der Waals surface area contributed by atoms with Gasteiger partial charge in [0.2, 0.25) is 0 Å². The molecule has 0 saturated heterocycles. The van der Waals surface area contributed by atoms with Gasteiger partial charge in [-0.1, -0.05) is 13.0 Å². The maximum absolute atomic E-state index is 3.09. The van der Waals surface area contributed by atoms with E-state index in [2.05, 4.69) is 18.3 Å². The summed E-state index contributed by atoms with van der Waals surface area (Å²) < 4.78 is 0. The first-order valence-corrected chi connectivity index (χ1v) is 2.29. The molecule has 0 fully saturated rings. The van der Waals surface area contributed by atoms with Gasteiger partial charge in [0.15, 0.2) is 0 Å². The van der Waals surface area contributed by atoms with E-state index in [4.69, 9.17) is 0 Å². The van der Waals surface area contributed by atoms with Crippen LogP contribution in [0, 0.1) is 5.92 Å². The molecule has 1 aliphatic rings. The first-order valence-electron chi connectivity index (χ1n) is 2.29. The lowest BCUT2D eigenvalue weighted by Gasteiger charge is -1.91. The third-order valence-electron chi connectivity index (χ3n) is 0.982. The van der Waals surface area contributed by atoms with Crippen LogP contribution in [-0.4, -0.2) is 6.54 Å². The molecule has 0 bridgehead atoms. The van der Waals surface area contributed by atoms with Crippen molar-refractivity contribution >= 4 is 0 Å². The Morgan fingerprint density at radius 2 is 2.67 bits per heavy atom. The van der Waals surface area contributed by atoms with Crippen LogP contribution in [0.1, 0.15) is 6.92 Å². The van der Waals surface area contributed by atoms with Gasteiger partial charge < -0.3 is 5.32 Å². The molecular formula is C5H9N. The molecule has 0 amide bonds. The number of hydrogen-bond acceptors (Lipinski definition) is 1. The van der Waals surface area contributed by atoms with Gasteiger partial charge in [-0.15, -0.1) is 0 Å². The van der Waals surface area contributed by atoms with E-state index in [1.807, 2.05) is 6.20 Å². The molecule has 1 nitrogen and oxygen atoms in total. The summed E-state index contributed by atoms with van der Waals surface area (Å²) in [5.74, 6) is 0.755. The van der Waals surface area contributed by atoms with E-state index < -0.39 is 0 Å². The van der Waals surface area contributed by atoms with E-state index in [9.17, 15) is 0 Å². The summed E-state index contributed by atoms with van der Waals surface area (Å²) in [4.78, 5) is 0. The van der Waals surface area contributed by atoms with E-state index >= 15 is 0 Å². The smallest absolute Gasteiger partial charge is 0.0202 e. The van der Waals surface area contributed by atoms with E-state index in [1.165, 1.54) is 0 Å². The van der Waals surface area contributed by atoms with E-state index in [0.29, 0.717) is 0 Å². The average molecular weight is 83.1 g/mol. The third-order valence-corrected chi connectivity index (χ3v) is 0.982. The molecule has 6 heavy (non-hydrogen) atoms. The Balaban J connectivity index is 2.38. The molecule has 0 aliphatic carbocycles. The standard InChI is InChI=1S/C5H9N/c1-5-2-3-6-4-5/h2-3,5-6H,4H2,1H3/t5-/m1/s1. The quantitative estimate of drug-likeness (QED) is 0.455. The molecule has 0 aromatic heterocycles. The second kappa shape index (κ2) is 1.33. The molecule has 1 atom stereocenters. The Labute approximate surface area is 38.1 Å². The average Bonchev–Trinajstić information content (AvgIpc) is 1.86. The van der Waals surface area contributed by atoms with Gasteiger partial charge in [0.25, 0.3) is 0 Å². The van der Waals surface area contributed by atoms with Gasteiger partial charge in [-0.25, -0.2) is 0 Å². The highest BCUT2D eigenvalue weighted by atomic mass is 14.8. The summed E-state index contributed by atoms with van der Waals surface area (Å²) in [6, 6.07) is 0. The van der Waals surface area contributed by atoms with Crippen LogP contribution in [0.3, 0.4) is 0 Å². The minimum absolute atomic E-state index is 0.755. The van der Waals surface area contributed by atoms with Crippen LogP contribution in [0.15, 0.2) is 12.3 Å². The topological polar surface area (TPSA) is 12.0 Å². The van der Waals surface area contributed by atoms with Crippen molar-refractivity contribution in [1.82, 2.24) is 5.32 Å². The van der Waals surface area contributed by atoms with Crippen molar-refractivity contribution in [2.75, 3.05) is 6.54 Å². The molecule has 0 spiro atoms. The van der Waals surface area contributed by atoms with Crippen molar-refractivity contribution in [3.05, 3.63) is 12.3 Å². The summed E-state index contributed by atoms with van der Waals surface area (Å²) in [6.07, 6.45) is 4.17. The van der Waals surface area contributed by atoms with E-state index in [1.54, 1.807) is 0 Å². The molecule has 1 rings (SSSR count). The van der Waals surface area contributed by atoms with Crippen molar-refractivity contribution in [3.8, 4) is 0 Å². The fourth-order valence-corrected chi connectivity index (χ4v) is 0.554. The molecule has 0 saturated carbocycles. The Morgan fingerprint density at radius 1 is 1.83 bits per heavy atom. The van der Waals surface area contributed by atoms with Gasteiger partial charge in [-0.2, -0.15) is 0 Å². The van der Waals surface area contributed by atoms with E-state index in [0.717, 1.165) is 12.5 Å². The van der Waals surface area contributed by atoms with E-state index in [-0.39, 0.29) is 0 Å². The molecule has 0 aromatic carbocycles. The van der Waals surface area contributed by atoms with Crippen molar-refractivity contribution in [2.24, 2.45) is 5.92 Å². The first-order chi connectivity index (χ1) is 2.89. The van der Waals surface area contributed by atoms with Crippen molar-refractivity contribution in [2.45, 2.75) is 6.92 Å². The van der Waals surface area contributed by atoms with Gasteiger partial charge in [0, 0.05) is 6.54 Å². The zero-order valence-corrected chi connectivity index (χ0v) is 3.94. The zero-order chi connectivity index (χ0) is 4.41. The van der Waals surface area contributed by atoms with Crippen molar-refractivity contribution < 1.29 is 0 Å². The highest BCUT2D eigenvalue weighted by Crippen LogP contribution is 1.98. The van der Waals surface area contributed by atoms with Crippen LogP contribution < -0.4 is 5.32 Å². The first kappa shape index (κ1) is 3.72. The predicted molar refractivity (Wildman–Crippen MR) is 26.3 cm³/mol. The number of nitrogens with one attached hydrogen (secondary N) is 1. The second-order valence-electron chi connectivity index (χ2n) is 1.74. The monoisotopic (exact) mass is 83.1 g/mol. The second-order valence-corrected chi connectivity index (χ2v) is 1.74. The Bertz CT molecular complexity index is 66.3. The van der Waals surface area contributed by atoms with Gasteiger partial charge in [-0.3, -0.25) is 0 Å². The van der Waals surface area contributed by atoms with Gasteiger partial charge in [0.05, 0.1) is 0 Å². The van der Waals surface area contributed by atoms with Crippen LogP contribution in [0.5, 0.6) is 0 Å². The van der Waals surface area contributed by atoms with Crippen molar-refractivity contribution in [3.63, 3.8) is 0 Å². The highest BCUT2D eigenvalue weighted by molar-refractivity contribution is 4.92. The summed E-state index contributed by atoms with van der Waals surface area (Å²) in [5.41, 5.74) is 0. The summed E-state index contributed by atoms with van der Waals surface area (Å²) in [5, 5.41) is 3.09. The lowest BCUT2D eigenvalue weighted by Crippen LogP contribution is -2.04. The maximum Gasteiger partial charge on any atom is 0.0202 e. The van der Waals surface area contributed by atoms with Crippen LogP contribution in [0.4, 0.5) is 0 Å². The molecule has 34 valence electrons. The normalized spacial score (nSPS) is 30.5. The summed E-state index contributed by atoms with van der Waals surface area (Å²) in [6.45, 7) is 3.32. The van der Waals surface area contributed by atoms with Gasteiger partial charge in [-0.05, 0) is 12.1 Å². The van der Waals surface area contributed by atoms with Gasteiger partial charge in [0.1, 0.15) is 0 Å². The highest BCUT2D eigenvalue weighted by Gasteiger charge is 1.97. The Morgan fingerprint density at radius 3 is 2.83 bits per heavy atom. The minimum atomic E-state index is 0.755. The zero-order valence-electron chi connectivity index (χ0n) is 3.94.